The van der Waals surface area contributed by atoms with E-state index in [1.807, 2.05) is 0 Å². The summed E-state index contributed by atoms with van der Waals surface area (Å²) in [6.07, 6.45) is 3.56. The second-order valence-electron chi connectivity index (χ2n) is 4.92. The van der Waals surface area contributed by atoms with Crippen molar-refractivity contribution in [2.45, 2.75) is 12.8 Å². The summed E-state index contributed by atoms with van der Waals surface area (Å²) in [5, 5.41) is 6.95. The SMILES string of the molecule is O=C(Nc1ccc(Nc2c(Cl)cccc2Cl)nc1)C1CC1. The summed E-state index contributed by atoms with van der Waals surface area (Å²) in [6, 6.07) is 8.84. The number of nitrogens with one attached hydrogen (secondary N) is 2. The molecule has 2 aromatic rings. The summed E-state index contributed by atoms with van der Waals surface area (Å²) in [4.78, 5) is 15.9. The number of pyridine rings is 1. The van der Waals surface area contributed by atoms with E-state index < -0.39 is 0 Å². The van der Waals surface area contributed by atoms with Crippen molar-refractivity contribution < 1.29 is 4.79 Å². The zero-order valence-corrected chi connectivity index (χ0v) is 12.6. The second-order valence-corrected chi connectivity index (χ2v) is 5.73. The Kier molecular flexibility index (Phi) is 3.99. The van der Waals surface area contributed by atoms with Crippen LogP contribution in [0.1, 0.15) is 12.8 Å². The molecule has 1 saturated carbocycles. The molecule has 1 amide bonds. The standard InChI is InChI=1S/C15H13Cl2N3O/c16-11-2-1-3-12(17)14(11)20-13-7-6-10(8-18-13)19-15(21)9-4-5-9/h1-3,6-9H,4-5H2,(H,18,20)(H,19,21). The topological polar surface area (TPSA) is 54.0 Å². The molecule has 0 unspecified atom stereocenters. The highest BCUT2D eigenvalue weighted by Crippen LogP contribution is 2.32. The number of hydrogen-bond acceptors (Lipinski definition) is 3. The Morgan fingerprint density at radius 2 is 1.86 bits per heavy atom. The number of hydrogen-bond donors (Lipinski definition) is 2. The molecule has 0 saturated heterocycles. The van der Waals surface area contributed by atoms with Gasteiger partial charge in [-0.25, -0.2) is 4.98 Å². The summed E-state index contributed by atoms with van der Waals surface area (Å²) in [5.74, 6) is 0.839. The van der Waals surface area contributed by atoms with Crippen molar-refractivity contribution in [1.82, 2.24) is 4.98 Å². The van der Waals surface area contributed by atoms with Crippen molar-refractivity contribution in [3.63, 3.8) is 0 Å². The van der Waals surface area contributed by atoms with Crippen LogP contribution in [-0.4, -0.2) is 10.9 Å². The maximum absolute atomic E-state index is 11.7. The zero-order valence-electron chi connectivity index (χ0n) is 11.1. The average molecular weight is 322 g/mol. The van der Waals surface area contributed by atoms with E-state index in [9.17, 15) is 4.79 Å². The van der Waals surface area contributed by atoms with Crippen LogP contribution < -0.4 is 10.6 Å². The summed E-state index contributed by atoms with van der Waals surface area (Å²) >= 11 is 12.2. The summed E-state index contributed by atoms with van der Waals surface area (Å²) in [5.41, 5.74) is 1.30. The smallest absolute Gasteiger partial charge is 0.227 e. The lowest BCUT2D eigenvalue weighted by atomic mass is 10.3. The Morgan fingerprint density at radius 1 is 1.14 bits per heavy atom. The Balaban J connectivity index is 1.70. The third-order valence-electron chi connectivity index (χ3n) is 3.19. The molecule has 0 spiro atoms. The van der Waals surface area contributed by atoms with Gasteiger partial charge in [-0.3, -0.25) is 4.79 Å². The molecule has 108 valence electrons. The number of rotatable bonds is 4. The molecule has 0 atom stereocenters. The van der Waals surface area contributed by atoms with Crippen LogP contribution in [0.3, 0.4) is 0 Å². The number of para-hydroxylation sites is 1. The first-order chi connectivity index (χ1) is 10.1. The van der Waals surface area contributed by atoms with Gasteiger partial charge in [0.05, 0.1) is 27.6 Å². The first-order valence-corrected chi connectivity index (χ1v) is 7.37. The Morgan fingerprint density at radius 3 is 2.43 bits per heavy atom. The van der Waals surface area contributed by atoms with Crippen molar-refractivity contribution in [2.24, 2.45) is 5.92 Å². The molecule has 1 aliphatic rings. The van der Waals surface area contributed by atoms with Gasteiger partial charge in [0.25, 0.3) is 0 Å². The summed E-state index contributed by atoms with van der Waals surface area (Å²) < 4.78 is 0. The summed E-state index contributed by atoms with van der Waals surface area (Å²) in [7, 11) is 0. The molecule has 1 aliphatic carbocycles. The van der Waals surface area contributed by atoms with E-state index >= 15 is 0 Å². The maximum Gasteiger partial charge on any atom is 0.227 e. The van der Waals surface area contributed by atoms with Crippen molar-refractivity contribution in [3.8, 4) is 0 Å². The fraction of sp³-hybridized carbons (Fsp3) is 0.200. The fourth-order valence-corrected chi connectivity index (χ4v) is 2.37. The number of carbonyl (C=O) groups is 1. The number of halogens is 2. The van der Waals surface area contributed by atoms with Crippen LogP contribution in [0, 0.1) is 5.92 Å². The molecule has 6 heteroatoms. The molecule has 4 nitrogen and oxygen atoms in total. The molecule has 0 aliphatic heterocycles. The van der Waals surface area contributed by atoms with Gasteiger partial charge in [0, 0.05) is 5.92 Å². The van der Waals surface area contributed by atoms with Gasteiger partial charge in [-0.05, 0) is 37.1 Å². The minimum Gasteiger partial charge on any atom is -0.338 e. The van der Waals surface area contributed by atoms with Gasteiger partial charge in [-0.2, -0.15) is 0 Å². The number of aromatic nitrogens is 1. The highest BCUT2D eigenvalue weighted by Gasteiger charge is 2.29. The number of amides is 1. The molecule has 0 bridgehead atoms. The van der Waals surface area contributed by atoms with Crippen LogP contribution in [0.2, 0.25) is 10.0 Å². The van der Waals surface area contributed by atoms with Crippen molar-refractivity contribution in [2.75, 3.05) is 10.6 Å². The van der Waals surface area contributed by atoms with Gasteiger partial charge < -0.3 is 10.6 Å². The van der Waals surface area contributed by atoms with Crippen molar-refractivity contribution >= 4 is 46.3 Å². The Bertz CT molecular complexity index is 649. The molecular formula is C15H13Cl2N3O. The van der Waals surface area contributed by atoms with Crippen LogP contribution in [-0.2, 0) is 4.79 Å². The normalized spacial score (nSPS) is 13.8. The predicted octanol–water partition coefficient (Wildman–Crippen LogP) is 4.48. The van der Waals surface area contributed by atoms with Gasteiger partial charge in [0.2, 0.25) is 5.91 Å². The lowest BCUT2D eigenvalue weighted by Crippen LogP contribution is -2.13. The van der Waals surface area contributed by atoms with E-state index in [1.165, 1.54) is 0 Å². The highest BCUT2D eigenvalue weighted by atomic mass is 35.5. The lowest BCUT2D eigenvalue weighted by Gasteiger charge is -2.10. The molecule has 1 heterocycles. The fourth-order valence-electron chi connectivity index (χ4n) is 1.88. The first-order valence-electron chi connectivity index (χ1n) is 6.61. The highest BCUT2D eigenvalue weighted by molar-refractivity contribution is 6.39. The predicted molar refractivity (Wildman–Crippen MR) is 85.3 cm³/mol. The Hall–Kier alpha value is -1.78. The number of carbonyl (C=O) groups excluding carboxylic acids is 1. The van der Waals surface area contributed by atoms with E-state index in [1.54, 1.807) is 36.5 Å². The molecule has 2 N–H and O–H groups in total. The minimum atomic E-state index is 0.0617. The quantitative estimate of drug-likeness (QED) is 0.872. The molecule has 21 heavy (non-hydrogen) atoms. The molecule has 1 fully saturated rings. The van der Waals surface area contributed by atoms with Crippen LogP contribution in [0.15, 0.2) is 36.5 Å². The van der Waals surface area contributed by atoms with Gasteiger partial charge in [-0.15, -0.1) is 0 Å². The molecule has 1 aromatic heterocycles. The average Bonchev–Trinajstić information content (AvgIpc) is 3.29. The number of anilines is 3. The van der Waals surface area contributed by atoms with Crippen LogP contribution in [0.5, 0.6) is 0 Å². The van der Waals surface area contributed by atoms with E-state index in [4.69, 9.17) is 23.2 Å². The molecule has 3 rings (SSSR count). The largest absolute Gasteiger partial charge is 0.338 e. The van der Waals surface area contributed by atoms with E-state index in [0.29, 0.717) is 27.2 Å². The number of nitrogens with zero attached hydrogens (tertiary/aromatic N) is 1. The van der Waals surface area contributed by atoms with Gasteiger partial charge in [-0.1, -0.05) is 29.3 Å². The van der Waals surface area contributed by atoms with Gasteiger partial charge >= 0.3 is 0 Å². The molecule has 1 aromatic carbocycles. The summed E-state index contributed by atoms with van der Waals surface area (Å²) in [6.45, 7) is 0. The zero-order chi connectivity index (χ0) is 14.8. The molecule has 0 radical (unpaired) electrons. The van der Waals surface area contributed by atoms with Crippen LogP contribution in [0.4, 0.5) is 17.2 Å². The van der Waals surface area contributed by atoms with Crippen LogP contribution >= 0.6 is 23.2 Å². The third kappa shape index (κ3) is 3.46. The van der Waals surface area contributed by atoms with Gasteiger partial charge in [0.15, 0.2) is 0 Å². The third-order valence-corrected chi connectivity index (χ3v) is 3.82. The number of benzene rings is 1. The van der Waals surface area contributed by atoms with E-state index in [2.05, 4.69) is 15.6 Å². The second kappa shape index (κ2) is 5.92. The molecular weight excluding hydrogens is 309 g/mol. The van der Waals surface area contributed by atoms with Gasteiger partial charge in [0.1, 0.15) is 5.82 Å². The lowest BCUT2D eigenvalue weighted by molar-refractivity contribution is -0.117. The van der Waals surface area contributed by atoms with E-state index in [-0.39, 0.29) is 11.8 Å². The van der Waals surface area contributed by atoms with E-state index in [0.717, 1.165) is 12.8 Å². The van der Waals surface area contributed by atoms with Crippen molar-refractivity contribution in [3.05, 3.63) is 46.6 Å². The monoisotopic (exact) mass is 321 g/mol. The maximum atomic E-state index is 11.7. The Labute approximate surface area is 132 Å². The van der Waals surface area contributed by atoms with Crippen LogP contribution in [0.25, 0.3) is 0 Å². The minimum absolute atomic E-state index is 0.0617. The first kappa shape index (κ1) is 14.2. The van der Waals surface area contributed by atoms with Crippen molar-refractivity contribution in [1.29, 1.82) is 0 Å².